The molecule has 1 rings (SSSR count). The Balaban J connectivity index is 3.08. The third-order valence-electron chi connectivity index (χ3n) is 2.07. The van der Waals surface area contributed by atoms with E-state index in [1.54, 1.807) is 6.92 Å². The average Bonchev–Trinajstić information content (AvgIpc) is 2.29. The lowest BCUT2D eigenvalue weighted by molar-refractivity contribution is -0.115. The first kappa shape index (κ1) is 12.3. The molecule has 1 amide bonds. The van der Waals surface area contributed by atoms with Gasteiger partial charge in [-0.15, -0.1) is 0 Å². The highest BCUT2D eigenvalue weighted by atomic mass is 19.1. The molecule has 5 heteroatoms. The molecule has 0 radical (unpaired) electrons. The van der Waals surface area contributed by atoms with Gasteiger partial charge in [-0.2, -0.15) is 0 Å². The van der Waals surface area contributed by atoms with Gasteiger partial charge in [-0.1, -0.05) is 6.92 Å². The molecule has 0 heterocycles. The van der Waals surface area contributed by atoms with Crippen LogP contribution in [-0.2, 0) is 4.79 Å². The molecule has 0 saturated heterocycles. The third kappa shape index (κ3) is 2.62. The van der Waals surface area contributed by atoms with Crippen LogP contribution in [0.4, 0.5) is 10.1 Å². The van der Waals surface area contributed by atoms with E-state index in [1.807, 2.05) is 0 Å². The number of hydrogen-bond acceptors (Lipinski definition) is 3. The van der Waals surface area contributed by atoms with E-state index in [-0.39, 0.29) is 11.7 Å². The highest BCUT2D eigenvalue weighted by Gasteiger charge is 2.12. The molecule has 1 N–H and O–H groups in total. The zero-order chi connectivity index (χ0) is 12.1. The summed E-state index contributed by atoms with van der Waals surface area (Å²) in [4.78, 5) is 11.2. The van der Waals surface area contributed by atoms with Gasteiger partial charge in [0, 0.05) is 18.6 Å². The maximum Gasteiger partial charge on any atom is 0.224 e. The Morgan fingerprint density at radius 2 is 1.94 bits per heavy atom. The Morgan fingerprint density at radius 3 is 2.44 bits per heavy atom. The Morgan fingerprint density at radius 1 is 1.31 bits per heavy atom. The van der Waals surface area contributed by atoms with Crippen molar-refractivity contribution in [3.05, 3.63) is 17.9 Å². The zero-order valence-electron chi connectivity index (χ0n) is 9.46. The molecule has 0 unspecified atom stereocenters. The molecule has 1 aromatic carbocycles. The Hall–Kier alpha value is -1.78. The van der Waals surface area contributed by atoms with Crippen LogP contribution in [-0.4, -0.2) is 20.1 Å². The van der Waals surface area contributed by atoms with E-state index in [4.69, 9.17) is 9.47 Å². The second-order valence-electron chi connectivity index (χ2n) is 3.09. The summed E-state index contributed by atoms with van der Waals surface area (Å²) in [6.07, 6.45) is 0.316. The quantitative estimate of drug-likeness (QED) is 0.857. The van der Waals surface area contributed by atoms with Crippen LogP contribution in [0, 0.1) is 5.82 Å². The zero-order valence-corrected chi connectivity index (χ0v) is 9.46. The number of rotatable bonds is 4. The number of methoxy groups -OCH3 is 2. The van der Waals surface area contributed by atoms with Gasteiger partial charge in [0.2, 0.25) is 5.91 Å². The normalized spacial score (nSPS) is 9.75. The van der Waals surface area contributed by atoms with Gasteiger partial charge in [0.25, 0.3) is 0 Å². The summed E-state index contributed by atoms with van der Waals surface area (Å²) < 4.78 is 23.2. The lowest BCUT2D eigenvalue weighted by Crippen LogP contribution is -2.10. The lowest BCUT2D eigenvalue weighted by Gasteiger charge is -2.11. The summed E-state index contributed by atoms with van der Waals surface area (Å²) in [5.74, 6) is -0.316. The molecule has 0 atom stereocenters. The van der Waals surface area contributed by atoms with Crippen molar-refractivity contribution in [3.8, 4) is 11.5 Å². The maximum atomic E-state index is 13.4. The van der Waals surface area contributed by atoms with E-state index >= 15 is 0 Å². The Kier molecular flexibility index (Phi) is 4.10. The van der Waals surface area contributed by atoms with E-state index in [2.05, 4.69) is 5.32 Å². The number of benzene rings is 1. The van der Waals surface area contributed by atoms with Crippen molar-refractivity contribution in [1.29, 1.82) is 0 Å². The molecule has 0 spiro atoms. The van der Waals surface area contributed by atoms with Gasteiger partial charge in [-0.3, -0.25) is 4.79 Å². The van der Waals surface area contributed by atoms with Gasteiger partial charge in [0.15, 0.2) is 11.6 Å². The Labute approximate surface area is 93.4 Å². The number of anilines is 1. The summed E-state index contributed by atoms with van der Waals surface area (Å²) in [5.41, 5.74) is 0.299. The van der Waals surface area contributed by atoms with Gasteiger partial charge in [-0.05, 0) is 0 Å². The molecule has 0 aliphatic heterocycles. The summed E-state index contributed by atoms with van der Waals surface area (Å²) in [6.45, 7) is 1.71. The fourth-order valence-corrected chi connectivity index (χ4v) is 1.20. The fraction of sp³-hybridized carbons (Fsp3) is 0.364. The van der Waals surface area contributed by atoms with Crippen molar-refractivity contribution in [2.45, 2.75) is 13.3 Å². The van der Waals surface area contributed by atoms with E-state index in [0.717, 1.165) is 0 Å². The first-order valence-electron chi connectivity index (χ1n) is 4.83. The van der Waals surface area contributed by atoms with Gasteiger partial charge < -0.3 is 14.8 Å². The first-order chi connectivity index (χ1) is 7.62. The van der Waals surface area contributed by atoms with Crippen molar-refractivity contribution in [2.24, 2.45) is 0 Å². The van der Waals surface area contributed by atoms with E-state index in [1.165, 1.54) is 26.4 Å². The molecular weight excluding hydrogens is 213 g/mol. The van der Waals surface area contributed by atoms with E-state index < -0.39 is 5.82 Å². The van der Waals surface area contributed by atoms with Crippen molar-refractivity contribution in [2.75, 3.05) is 19.5 Å². The van der Waals surface area contributed by atoms with Crippen LogP contribution >= 0.6 is 0 Å². The van der Waals surface area contributed by atoms with Crippen LogP contribution in [0.3, 0.4) is 0 Å². The highest BCUT2D eigenvalue weighted by molar-refractivity contribution is 5.92. The number of halogens is 1. The highest BCUT2D eigenvalue weighted by Crippen LogP contribution is 2.31. The molecule has 0 aliphatic carbocycles. The van der Waals surface area contributed by atoms with Gasteiger partial charge in [0.05, 0.1) is 19.9 Å². The summed E-state index contributed by atoms with van der Waals surface area (Å²) in [7, 11) is 2.80. The van der Waals surface area contributed by atoms with Crippen LogP contribution < -0.4 is 14.8 Å². The SMILES string of the molecule is CCC(=O)Nc1cc(F)c(OC)cc1OC. The molecule has 0 aromatic heterocycles. The number of hydrogen-bond donors (Lipinski definition) is 1. The van der Waals surface area contributed by atoms with Crippen LogP contribution in [0.25, 0.3) is 0 Å². The minimum atomic E-state index is -0.547. The predicted molar refractivity (Wildman–Crippen MR) is 58.4 cm³/mol. The monoisotopic (exact) mass is 227 g/mol. The van der Waals surface area contributed by atoms with Gasteiger partial charge in [-0.25, -0.2) is 4.39 Å². The smallest absolute Gasteiger partial charge is 0.224 e. The van der Waals surface area contributed by atoms with Crippen molar-refractivity contribution < 1.29 is 18.7 Å². The largest absolute Gasteiger partial charge is 0.494 e. The second kappa shape index (κ2) is 5.34. The van der Waals surface area contributed by atoms with Crippen LogP contribution in [0.15, 0.2) is 12.1 Å². The fourth-order valence-electron chi connectivity index (χ4n) is 1.20. The minimum Gasteiger partial charge on any atom is -0.494 e. The molecule has 0 saturated carbocycles. The standard InChI is InChI=1S/C11H14FNO3/c1-4-11(14)13-8-5-7(12)9(15-2)6-10(8)16-3/h5-6H,4H2,1-3H3,(H,13,14). The van der Waals surface area contributed by atoms with Gasteiger partial charge >= 0.3 is 0 Å². The second-order valence-corrected chi connectivity index (χ2v) is 3.09. The van der Waals surface area contributed by atoms with Crippen LogP contribution in [0.2, 0.25) is 0 Å². The van der Waals surface area contributed by atoms with Crippen molar-refractivity contribution in [1.82, 2.24) is 0 Å². The summed E-state index contributed by atoms with van der Waals surface area (Å²) >= 11 is 0. The van der Waals surface area contributed by atoms with E-state index in [9.17, 15) is 9.18 Å². The molecule has 16 heavy (non-hydrogen) atoms. The summed E-state index contributed by atoms with van der Waals surface area (Å²) in [6, 6.07) is 2.56. The molecule has 0 bridgehead atoms. The van der Waals surface area contributed by atoms with Crippen molar-refractivity contribution in [3.63, 3.8) is 0 Å². The molecule has 88 valence electrons. The topological polar surface area (TPSA) is 47.6 Å². The number of carbonyl (C=O) groups is 1. The first-order valence-corrected chi connectivity index (χ1v) is 4.83. The van der Waals surface area contributed by atoms with E-state index in [0.29, 0.717) is 17.9 Å². The third-order valence-corrected chi connectivity index (χ3v) is 2.07. The van der Waals surface area contributed by atoms with Gasteiger partial charge in [0.1, 0.15) is 5.75 Å². The number of nitrogens with one attached hydrogen (secondary N) is 1. The summed E-state index contributed by atoms with van der Waals surface area (Å²) in [5, 5.41) is 2.54. The van der Waals surface area contributed by atoms with Crippen LogP contribution in [0.1, 0.15) is 13.3 Å². The lowest BCUT2D eigenvalue weighted by atomic mass is 10.2. The maximum absolute atomic E-state index is 13.4. The number of carbonyl (C=O) groups excluding carboxylic acids is 1. The number of ether oxygens (including phenoxy) is 2. The average molecular weight is 227 g/mol. The molecule has 0 fully saturated rings. The van der Waals surface area contributed by atoms with Crippen LogP contribution in [0.5, 0.6) is 11.5 Å². The Bertz CT molecular complexity index is 393. The molecule has 4 nitrogen and oxygen atoms in total. The van der Waals surface area contributed by atoms with Crippen molar-refractivity contribution >= 4 is 11.6 Å². The number of amides is 1. The predicted octanol–water partition coefficient (Wildman–Crippen LogP) is 2.19. The molecular formula is C11H14FNO3. The minimum absolute atomic E-state index is 0.0753. The molecule has 1 aromatic rings. The molecule has 0 aliphatic rings.